The summed E-state index contributed by atoms with van der Waals surface area (Å²) >= 11 is 7.44. The predicted octanol–water partition coefficient (Wildman–Crippen LogP) is 5.04. The number of carbonyl (C=O) groups excluding carboxylic acids is 1. The Hall–Kier alpha value is -4.16. The molecule has 5 heterocycles. The Morgan fingerprint density at radius 3 is 2.21 bits per heavy atom. The molecule has 0 unspecified atom stereocenters. The van der Waals surface area contributed by atoms with Crippen LogP contribution in [0.25, 0.3) is 21.5 Å². The van der Waals surface area contributed by atoms with Gasteiger partial charge in [-0.2, -0.15) is 26.3 Å². The molecule has 43 heavy (non-hydrogen) atoms. The molecule has 1 amide bonds. The molecule has 4 aromatic rings. The number of oxazole rings is 1. The van der Waals surface area contributed by atoms with E-state index in [0.717, 1.165) is 28.0 Å². The van der Waals surface area contributed by atoms with E-state index in [9.17, 15) is 31.1 Å². The molecule has 5 rings (SSSR count). The number of aliphatic carboxylic acids is 2. The fourth-order valence-corrected chi connectivity index (χ4v) is 4.51. The number of hydrogen-bond acceptors (Lipinski definition) is 8. The summed E-state index contributed by atoms with van der Waals surface area (Å²) in [7, 11) is 0. The smallest absolute Gasteiger partial charge is 0.475 e. The van der Waals surface area contributed by atoms with Crippen LogP contribution in [0.5, 0.6) is 0 Å². The summed E-state index contributed by atoms with van der Waals surface area (Å²) in [5, 5.41) is 15.3. The molecule has 0 aliphatic carbocycles. The Kier molecular flexibility index (Phi) is 10.8. The van der Waals surface area contributed by atoms with Gasteiger partial charge in [0.25, 0.3) is 0 Å². The van der Waals surface area contributed by atoms with Gasteiger partial charge in [0.2, 0.25) is 11.8 Å². The highest BCUT2D eigenvalue weighted by atomic mass is 35.5. The summed E-state index contributed by atoms with van der Waals surface area (Å²) in [4.78, 5) is 47.2. The largest absolute Gasteiger partial charge is 0.490 e. The number of fused-ring (bicyclic) bond motifs is 1. The quantitative estimate of drug-likeness (QED) is 0.251. The lowest BCUT2D eigenvalue weighted by molar-refractivity contribution is -0.193. The summed E-state index contributed by atoms with van der Waals surface area (Å²) in [6.07, 6.45) is -4.88. The molecule has 1 saturated heterocycles. The van der Waals surface area contributed by atoms with Crippen molar-refractivity contribution in [1.82, 2.24) is 24.8 Å². The molecule has 0 radical (unpaired) electrons. The summed E-state index contributed by atoms with van der Waals surface area (Å²) in [5.74, 6) is -4.10. The van der Waals surface area contributed by atoms with Gasteiger partial charge in [0.15, 0.2) is 5.76 Å². The fraction of sp³-hybridized carbons (Fsp3) is 0.292. The molecule has 0 spiro atoms. The van der Waals surface area contributed by atoms with Gasteiger partial charge in [-0.1, -0.05) is 11.6 Å². The first kappa shape index (κ1) is 33.3. The summed E-state index contributed by atoms with van der Waals surface area (Å²) in [5.41, 5.74) is 2.05. The molecule has 19 heteroatoms. The zero-order valence-corrected chi connectivity index (χ0v) is 23.0. The Morgan fingerprint density at radius 2 is 1.67 bits per heavy atom. The van der Waals surface area contributed by atoms with Crippen LogP contribution in [-0.2, 0) is 27.5 Å². The molecule has 0 aromatic carbocycles. The number of aromatic amines is 1. The molecule has 11 nitrogen and oxygen atoms in total. The summed E-state index contributed by atoms with van der Waals surface area (Å²) < 4.78 is 70.0. The van der Waals surface area contributed by atoms with Crippen molar-refractivity contribution >= 4 is 51.7 Å². The molecule has 232 valence electrons. The monoisotopic (exact) mass is 655 g/mol. The number of nitrogens with one attached hydrogen (secondary N) is 1. The van der Waals surface area contributed by atoms with E-state index in [1.807, 2.05) is 35.4 Å². The molecular weight excluding hydrogens is 636 g/mol. The molecule has 0 atom stereocenters. The predicted molar refractivity (Wildman–Crippen MR) is 139 cm³/mol. The number of hydrogen-bond donors (Lipinski definition) is 3. The number of rotatable bonds is 5. The van der Waals surface area contributed by atoms with Gasteiger partial charge in [-0.15, -0.1) is 11.3 Å². The van der Waals surface area contributed by atoms with Gasteiger partial charge in [0.05, 0.1) is 35.0 Å². The average Bonchev–Trinajstić information content (AvgIpc) is 3.64. The average molecular weight is 656 g/mol. The van der Waals surface area contributed by atoms with Crippen LogP contribution in [0.4, 0.5) is 26.3 Å². The van der Waals surface area contributed by atoms with Crippen LogP contribution in [-0.4, -0.2) is 84.8 Å². The molecule has 3 N–H and O–H groups in total. The minimum absolute atomic E-state index is 0.102. The SMILES string of the molecule is O=C(O)C(F)(F)F.O=C(O)C(F)(F)F.O=C1CN(Cc2ncc(-c3ccc(Cl)s3)o2)CCN1Cc1cc2cnccc2[nH]1. The maximum atomic E-state index is 12.6. The highest BCUT2D eigenvalue weighted by molar-refractivity contribution is 7.19. The second-order valence-corrected chi connectivity index (χ2v) is 10.3. The van der Waals surface area contributed by atoms with Crippen LogP contribution in [0.1, 0.15) is 11.6 Å². The normalized spacial score (nSPS) is 14.1. The van der Waals surface area contributed by atoms with Crippen LogP contribution >= 0.6 is 22.9 Å². The number of nitrogens with zero attached hydrogens (tertiary/aromatic N) is 4. The van der Waals surface area contributed by atoms with E-state index in [0.29, 0.717) is 42.2 Å². The van der Waals surface area contributed by atoms with E-state index in [1.54, 1.807) is 12.4 Å². The first-order valence-electron chi connectivity index (χ1n) is 11.7. The lowest BCUT2D eigenvalue weighted by Gasteiger charge is -2.33. The van der Waals surface area contributed by atoms with Crippen LogP contribution in [0.15, 0.2) is 47.3 Å². The Morgan fingerprint density at radius 1 is 1.02 bits per heavy atom. The number of carboxylic acids is 2. The lowest BCUT2D eigenvalue weighted by Crippen LogP contribution is -2.49. The Labute approximate surface area is 246 Å². The highest BCUT2D eigenvalue weighted by Gasteiger charge is 2.38. The first-order valence-corrected chi connectivity index (χ1v) is 12.9. The molecule has 1 aliphatic heterocycles. The van der Waals surface area contributed by atoms with Crippen molar-refractivity contribution < 1.29 is 55.4 Å². The number of pyridine rings is 1. The van der Waals surface area contributed by atoms with Crippen LogP contribution in [0.3, 0.4) is 0 Å². The highest BCUT2D eigenvalue weighted by Crippen LogP contribution is 2.31. The van der Waals surface area contributed by atoms with Crippen molar-refractivity contribution in [3.05, 3.63) is 58.8 Å². The number of carbonyl (C=O) groups is 3. The molecule has 0 bridgehead atoms. The number of amides is 1. The number of H-pyrrole nitrogens is 1. The van der Waals surface area contributed by atoms with Crippen molar-refractivity contribution in [3.63, 3.8) is 0 Å². The minimum atomic E-state index is -5.08. The van der Waals surface area contributed by atoms with Crippen molar-refractivity contribution in [3.8, 4) is 10.6 Å². The van der Waals surface area contributed by atoms with Crippen molar-refractivity contribution in [2.75, 3.05) is 19.6 Å². The molecule has 1 fully saturated rings. The number of halogens is 7. The maximum Gasteiger partial charge on any atom is 0.490 e. The second kappa shape index (κ2) is 13.9. The standard InChI is InChI=1S/C20H18ClN5O2S.2C2HF3O2/c21-18-2-1-17(29-18)16-9-23-19(28-16)11-25-5-6-26(20(27)12-25)10-14-7-13-8-22-4-3-15(13)24-14;2*3-2(4,5)1(6)7/h1-4,7-9,24H,5-6,10-12H2;2*(H,6,7). The third kappa shape index (κ3) is 9.97. The number of aromatic nitrogens is 3. The Balaban J connectivity index is 0.000000303. The zero-order valence-electron chi connectivity index (χ0n) is 21.4. The zero-order chi connectivity index (χ0) is 31.9. The number of alkyl halides is 6. The Bertz CT molecular complexity index is 1510. The summed E-state index contributed by atoms with van der Waals surface area (Å²) in [6.45, 7) is 2.88. The number of piperazine rings is 1. The third-order valence-electron chi connectivity index (χ3n) is 5.45. The van der Waals surface area contributed by atoms with E-state index in [1.165, 1.54) is 11.3 Å². The van der Waals surface area contributed by atoms with Gasteiger partial charge < -0.3 is 24.5 Å². The van der Waals surface area contributed by atoms with Gasteiger partial charge in [-0.05, 0) is 24.3 Å². The van der Waals surface area contributed by atoms with Crippen molar-refractivity contribution in [2.45, 2.75) is 25.4 Å². The molecule has 0 saturated carbocycles. The van der Waals surface area contributed by atoms with E-state index >= 15 is 0 Å². The number of carboxylic acid groups (broad SMARTS) is 2. The topological polar surface area (TPSA) is 153 Å². The minimum Gasteiger partial charge on any atom is -0.475 e. The first-order chi connectivity index (χ1) is 20.0. The number of thiophene rings is 1. The molecule has 4 aromatic heterocycles. The summed E-state index contributed by atoms with van der Waals surface area (Å²) in [6, 6.07) is 7.74. The third-order valence-corrected chi connectivity index (χ3v) is 6.69. The van der Waals surface area contributed by atoms with E-state index in [2.05, 4.69) is 19.9 Å². The van der Waals surface area contributed by atoms with Gasteiger partial charge in [-0.25, -0.2) is 14.6 Å². The maximum absolute atomic E-state index is 12.6. The van der Waals surface area contributed by atoms with Crippen molar-refractivity contribution in [1.29, 1.82) is 0 Å². The van der Waals surface area contributed by atoms with Gasteiger partial charge in [0.1, 0.15) is 0 Å². The molecule has 1 aliphatic rings. The van der Waals surface area contributed by atoms with Gasteiger partial charge in [-0.3, -0.25) is 14.7 Å². The van der Waals surface area contributed by atoms with Crippen LogP contribution in [0, 0.1) is 0 Å². The van der Waals surface area contributed by atoms with Gasteiger partial charge >= 0.3 is 24.3 Å². The van der Waals surface area contributed by atoms with E-state index in [4.69, 9.17) is 35.8 Å². The van der Waals surface area contributed by atoms with Crippen LogP contribution in [0.2, 0.25) is 4.34 Å². The van der Waals surface area contributed by atoms with E-state index in [-0.39, 0.29) is 5.91 Å². The van der Waals surface area contributed by atoms with Crippen molar-refractivity contribution in [2.24, 2.45) is 0 Å². The fourth-order valence-electron chi connectivity index (χ4n) is 3.52. The van der Waals surface area contributed by atoms with E-state index < -0.39 is 24.3 Å². The molecular formula is C24H20ClF6N5O6S. The van der Waals surface area contributed by atoms with Gasteiger partial charge in [0, 0.05) is 42.1 Å². The van der Waals surface area contributed by atoms with Crippen LogP contribution < -0.4 is 0 Å². The lowest BCUT2D eigenvalue weighted by atomic mass is 10.2. The second-order valence-electron chi connectivity index (χ2n) is 8.61.